The molecule has 0 saturated carbocycles. The molecule has 0 aromatic carbocycles. The van der Waals surface area contributed by atoms with E-state index < -0.39 is 10.0 Å². The largest absolute Gasteiger partial charge is 0.273 e. The normalized spacial score (nSPS) is 11.9. The lowest BCUT2D eigenvalue weighted by molar-refractivity contribution is 0.589. The van der Waals surface area contributed by atoms with Crippen LogP contribution in [0.25, 0.3) is 10.7 Å². The third kappa shape index (κ3) is 1.99. The quantitative estimate of drug-likeness (QED) is 0.831. The van der Waals surface area contributed by atoms with Crippen LogP contribution in [-0.4, -0.2) is 23.6 Å². The van der Waals surface area contributed by atoms with E-state index in [1.165, 1.54) is 11.3 Å². The second kappa shape index (κ2) is 3.65. The highest BCUT2D eigenvalue weighted by molar-refractivity contribution is 7.89. The topological polar surface area (TPSA) is 102 Å². The molecule has 86 valence electrons. The van der Waals surface area contributed by atoms with Crippen molar-refractivity contribution in [3.8, 4) is 10.7 Å². The van der Waals surface area contributed by atoms with Crippen LogP contribution in [0.3, 0.4) is 0 Å². The number of primary sulfonamides is 1. The van der Waals surface area contributed by atoms with E-state index in [-0.39, 0.29) is 5.16 Å². The van der Waals surface area contributed by atoms with Crippen LogP contribution in [0, 0.1) is 13.8 Å². The Labute approximate surface area is 96.6 Å². The zero-order valence-electron chi connectivity index (χ0n) is 8.68. The van der Waals surface area contributed by atoms with Crippen LogP contribution in [0.5, 0.6) is 0 Å². The number of hydrogen-bond donors (Lipinski definition) is 2. The molecule has 0 radical (unpaired) electrons. The Balaban J connectivity index is 2.47. The minimum absolute atomic E-state index is 0.314. The molecular weight excluding hydrogens is 248 g/mol. The third-order valence-corrected chi connectivity index (χ3v) is 3.99. The van der Waals surface area contributed by atoms with Gasteiger partial charge in [0.05, 0.1) is 4.88 Å². The van der Waals surface area contributed by atoms with E-state index in [1.807, 2.05) is 19.9 Å². The van der Waals surface area contributed by atoms with E-state index in [1.54, 1.807) is 0 Å². The fourth-order valence-corrected chi connectivity index (χ4v) is 2.52. The number of hydrogen-bond acceptors (Lipinski definition) is 5. The maximum absolute atomic E-state index is 11.0. The van der Waals surface area contributed by atoms with Crippen molar-refractivity contribution in [2.45, 2.75) is 19.0 Å². The highest BCUT2D eigenvalue weighted by Gasteiger charge is 2.16. The van der Waals surface area contributed by atoms with Crippen LogP contribution in [0.15, 0.2) is 11.2 Å². The van der Waals surface area contributed by atoms with Gasteiger partial charge in [-0.2, -0.15) is 10.1 Å². The molecule has 0 spiro atoms. The molecule has 2 aromatic rings. The summed E-state index contributed by atoms with van der Waals surface area (Å²) in [6, 6.07) is 1.91. The molecule has 2 aromatic heterocycles. The lowest BCUT2D eigenvalue weighted by Gasteiger charge is -1.87. The van der Waals surface area contributed by atoms with Crippen LogP contribution in [0.1, 0.15) is 10.4 Å². The van der Waals surface area contributed by atoms with Crippen molar-refractivity contribution in [3.63, 3.8) is 0 Å². The van der Waals surface area contributed by atoms with Crippen molar-refractivity contribution in [1.29, 1.82) is 0 Å². The average molecular weight is 258 g/mol. The van der Waals surface area contributed by atoms with Crippen molar-refractivity contribution in [2.24, 2.45) is 5.14 Å². The lowest BCUT2D eigenvalue weighted by atomic mass is 10.3. The first-order valence-electron chi connectivity index (χ1n) is 4.40. The van der Waals surface area contributed by atoms with Gasteiger partial charge in [-0.05, 0) is 25.5 Å². The zero-order valence-corrected chi connectivity index (χ0v) is 10.3. The molecule has 0 saturated heterocycles. The third-order valence-electron chi connectivity index (χ3n) is 2.12. The predicted octanol–water partition coefficient (Wildman–Crippen LogP) is 0.797. The first-order chi connectivity index (χ1) is 7.38. The van der Waals surface area contributed by atoms with Crippen LogP contribution in [0.2, 0.25) is 0 Å². The number of H-pyrrole nitrogens is 1. The summed E-state index contributed by atoms with van der Waals surface area (Å²) in [5.74, 6) is 0.352. The van der Waals surface area contributed by atoms with Gasteiger partial charge in [-0.25, -0.2) is 18.7 Å². The van der Waals surface area contributed by atoms with Crippen LogP contribution < -0.4 is 5.14 Å². The highest BCUT2D eigenvalue weighted by atomic mass is 32.2. The Morgan fingerprint density at radius 1 is 1.44 bits per heavy atom. The molecule has 0 atom stereocenters. The molecule has 0 fully saturated rings. The van der Waals surface area contributed by atoms with Crippen LogP contribution in [-0.2, 0) is 10.0 Å². The lowest BCUT2D eigenvalue weighted by Crippen LogP contribution is -2.13. The van der Waals surface area contributed by atoms with E-state index in [2.05, 4.69) is 15.2 Å². The molecule has 2 heterocycles. The molecule has 16 heavy (non-hydrogen) atoms. The number of nitrogens with one attached hydrogen (secondary N) is 1. The van der Waals surface area contributed by atoms with Crippen LogP contribution in [0.4, 0.5) is 0 Å². The SMILES string of the molecule is Cc1cc(-c2n[nH]c(S(N)(=O)=O)n2)sc1C. The Kier molecular flexibility index (Phi) is 2.56. The minimum Gasteiger partial charge on any atom is -0.248 e. The Morgan fingerprint density at radius 3 is 2.56 bits per heavy atom. The van der Waals surface area contributed by atoms with Gasteiger partial charge in [-0.3, -0.25) is 0 Å². The van der Waals surface area contributed by atoms with Crippen molar-refractivity contribution in [1.82, 2.24) is 15.2 Å². The number of aromatic amines is 1. The van der Waals surface area contributed by atoms with E-state index in [9.17, 15) is 8.42 Å². The average Bonchev–Trinajstić information content (AvgIpc) is 2.73. The second-order valence-electron chi connectivity index (χ2n) is 3.36. The maximum atomic E-state index is 11.0. The Bertz CT molecular complexity index is 607. The standard InChI is InChI=1S/C8H10N4O2S2/c1-4-3-6(15-5(4)2)7-10-8(12-11-7)16(9,13)14/h3H,1-2H3,(H2,9,13,14)(H,10,11,12). The van der Waals surface area contributed by atoms with Crippen molar-refractivity contribution < 1.29 is 8.42 Å². The van der Waals surface area contributed by atoms with Gasteiger partial charge in [0.25, 0.3) is 15.2 Å². The molecule has 3 N–H and O–H groups in total. The molecule has 2 rings (SSSR count). The summed E-state index contributed by atoms with van der Waals surface area (Å²) in [6.07, 6.45) is 0. The summed E-state index contributed by atoms with van der Waals surface area (Å²) >= 11 is 1.51. The summed E-state index contributed by atoms with van der Waals surface area (Å²) in [4.78, 5) is 5.81. The van der Waals surface area contributed by atoms with E-state index >= 15 is 0 Å². The Morgan fingerprint density at radius 2 is 2.12 bits per heavy atom. The maximum Gasteiger partial charge on any atom is 0.273 e. The van der Waals surface area contributed by atoms with Gasteiger partial charge in [-0.1, -0.05) is 0 Å². The number of nitrogens with two attached hydrogens (primary N) is 1. The van der Waals surface area contributed by atoms with Crippen molar-refractivity contribution in [3.05, 3.63) is 16.5 Å². The van der Waals surface area contributed by atoms with Gasteiger partial charge >= 0.3 is 0 Å². The summed E-state index contributed by atoms with van der Waals surface area (Å²) in [6.45, 7) is 3.96. The van der Waals surface area contributed by atoms with Crippen molar-refractivity contribution >= 4 is 21.4 Å². The molecule has 0 unspecified atom stereocenters. The van der Waals surface area contributed by atoms with Crippen molar-refractivity contribution in [2.75, 3.05) is 0 Å². The van der Waals surface area contributed by atoms with E-state index in [4.69, 9.17) is 5.14 Å². The molecule has 0 aliphatic rings. The summed E-state index contributed by atoms with van der Waals surface area (Å²) in [5.41, 5.74) is 1.13. The fourth-order valence-electron chi connectivity index (χ4n) is 1.17. The van der Waals surface area contributed by atoms with Gasteiger partial charge in [0.15, 0.2) is 5.82 Å². The fraction of sp³-hybridized carbons (Fsp3) is 0.250. The molecule has 0 aliphatic heterocycles. The second-order valence-corrected chi connectivity index (χ2v) is 6.09. The van der Waals surface area contributed by atoms with Gasteiger partial charge < -0.3 is 0 Å². The van der Waals surface area contributed by atoms with Gasteiger partial charge in [0, 0.05) is 4.88 Å². The van der Waals surface area contributed by atoms with Gasteiger partial charge in [-0.15, -0.1) is 11.3 Å². The van der Waals surface area contributed by atoms with Gasteiger partial charge in [0.1, 0.15) is 0 Å². The number of thiophene rings is 1. The monoisotopic (exact) mass is 258 g/mol. The molecule has 6 nitrogen and oxygen atoms in total. The molecule has 8 heteroatoms. The number of sulfonamides is 1. The number of aromatic nitrogens is 3. The Hall–Kier alpha value is -1.25. The number of aryl methyl sites for hydroxylation is 2. The predicted molar refractivity (Wildman–Crippen MR) is 60.5 cm³/mol. The first-order valence-corrected chi connectivity index (χ1v) is 6.77. The number of nitrogens with zero attached hydrogens (tertiary/aromatic N) is 2. The van der Waals surface area contributed by atoms with E-state index in [0.717, 1.165) is 15.3 Å². The van der Waals surface area contributed by atoms with E-state index in [0.29, 0.717) is 5.82 Å². The summed E-state index contributed by atoms with van der Waals surface area (Å²) < 4.78 is 22.0. The molecule has 0 aliphatic carbocycles. The zero-order chi connectivity index (χ0) is 11.9. The number of rotatable bonds is 2. The molecular formula is C8H10N4O2S2. The smallest absolute Gasteiger partial charge is 0.248 e. The summed E-state index contributed by atoms with van der Waals surface area (Å²) in [5, 5.41) is 10.7. The first kappa shape index (κ1) is 11.2. The molecule has 0 amide bonds. The molecule has 0 bridgehead atoms. The minimum atomic E-state index is -3.82. The summed E-state index contributed by atoms with van der Waals surface area (Å²) in [7, 11) is -3.82. The highest BCUT2D eigenvalue weighted by Crippen LogP contribution is 2.28. The van der Waals surface area contributed by atoms with Gasteiger partial charge in [0.2, 0.25) is 0 Å². The van der Waals surface area contributed by atoms with Crippen LogP contribution >= 0.6 is 11.3 Å².